The van der Waals surface area contributed by atoms with Crippen LogP contribution in [0.25, 0.3) is 0 Å². The average molecular weight is 306 g/mol. The third kappa shape index (κ3) is 1.84. The third-order valence-corrected chi connectivity index (χ3v) is 2.72. The van der Waals surface area contributed by atoms with Gasteiger partial charge in [-0.05, 0) is 37.5 Å². The zero-order chi connectivity index (χ0) is 10.9. The predicted molar refractivity (Wildman–Crippen MR) is 62.3 cm³/mol. The van der Waals surface area contributed by atoms with Gasteiger partial charge in [0.25, 0.3) is 0 Å². The van der Waals surface area contributed by atoms with Gasteiger partial charge in [-0.3, -0.25) is 0 Å². The van der Waals surface area contributed by atoms with Crippen LogP contribution in [0.4, 0.5) is 0 Å². The zero-order valence-electron chi connectivity index (χ0n) is 8.22. The Morgan fingerprint density at radius 2 is 1.93 bits per heavy atom. The molecule has 0 fully saturated rings. The predicted octanol–water partition coefficient (Wildman–Crippen LogP) is 3.04. The van der Waals surface area contributed by atoms with Crippen LogP contribution in [0, 0.1) is 20.8 Å². The van der Waals surface area contributed by atoms with Crippen molar-refractivity contribution in [3.8, 4) is 5.75 Å². The molecule has 0 bridgehead atoms. The fourth-order valence-corrected chi connectivity index (χ4v) is 1.99. The lowest BCUT2D eigenvalue weighted by molar-refractivity contribution is 0.0694. The van der Waals surface area contributed by atoms with E-state index >= 15 is 0 Å². The molecule has 0 aromatic heterocycles. The normalized spacial score (nSPS) is 10.0. The van der Waals surface area contributed by atoms with Crippen molar-refractivity contribution in [1.29, 1.82) is 0 Å². The number of hydrogen-bond acceptors (Lipinski definition) is 2. The van der Waals surface area contributed by atoms with E-state index in [1.54, 1.807) is 29.9 Å². The van der Waals surface area contributed by atoms with Crippen LogP contribution in [0.1, 0.15) is 27.0 Å². The molecule has 0 aliphatic heterocycles. The van der Waals surface area contributed by atoms with Gasteiger partial charge in [-0.2, -0.15) is 0 Å². The highest BCUT2D eigenvalue weighted by molar-refractivity contribution is 14.1. The number of carbonyl (C=O) groups is 1. The summed E-state index contributed by atoms with van der Waals surface area (Å²) >= 11 is 1.70. The molecular formula is C10H11IO3. The van der Waals surface area contributed by atoms with Gasteiger partial charge in [-0.25, -0.2) is 4.79 Å². The number of hydrogen-bond donors (Lipinski definition) is 1. The molecule has 0 aliphatic carbocycles. The van der Waals surface area contributed by atoms with E-state index in [4.69, 9.17) is 8.17 Å². The number of benzene rings is 1. The molecule has 0 heterocycles. The van der Waals surface area contributed by atoms with Crippen LogP contribution in [0.5, 0.6) is 5.75 Å². The molecule has 0 unspecified atom stereocenters. The minimum absolute atomic E-state index is 0.261. The Bertz CT molecular complexity index is 385. The molecule has 14 heavy (non-hydrogen) atoms. The Morgan fingerprint density at radius 1 is 1.36 bits per heavy atom. The van der Waals surface area contributed by atoms with Gasteiger partial charge >= 0.3 is 5.97 Å². The van der Waals surface area contributed by atoms with Crippen molar-refractivity contribution in [3.05, 3.63) is 28.3 Å². The van der Waals surface area contributed by atoms with Crippen molar-refractivity contribution in [3.63, 3.8) is 0 Å². The molecule has 3 nitrogen and oxygen atoms in total. The van der Waals surface area contributed by atoms with E-state index in [2.05, 4.69) is 0 Å². The number of carboxylic acids is 1. The lowest BCUT2D eigenvalue weighted by atomic mass is 9.99. The quantitative estimate of drug-likeness (QED) is 0.854. The van der Waals surface area contributed by atoms with Crippen molar-refractivity contribution >= 4 is 29.0 Å². The summed E-state index contributed by atoms with van der Waals surface area (Å²) in [4.78, 5) is 11.0. The van der Waals surface area contributed by atoms with Gasteiger partial charge < -0.3 is 8.17 Å². The average Bonchev–Trinajstić information content (AvgIpc) is 2.10. The van der Waals surface area contributed by atoms with E-state index in [9.17, 15) is 4.79 Å². The summed E-state index contributed by atoms with van der Waals surface area (Å²) in [5.41, 5.74) is 2.84. The number of aryl methyl sites for hydroxylation is 2. The molecule has 1 rings (SSSR count). The fourth-order valence-electron chi connectivity index (χ4n) is 1.42. The number of halogens is 1. The van der Waals surface area contributed by atoms with Crippen molar-refractivity contribution in [2.24, 2.45) is 0 Å². The van der Waals surface area contributed by atoms with E-state index in [-0.39, 0.29) is 5.56 Å². The molecule has 1 aromatic carbocycles. The number of carboxylic acid groups (broad SMARTS) is 1. The van der Waals surface area contributed by atoms with E-state index in [1.807, 2.05) is 19.9 Å². The first-order valence-electron chi connectivity index (χ1n) is 4.11. The standard InChI is InChI=1S/C10H11IO3/c1-5-4-6(2)9(14-11)8(7(5)3)10(12)13/h4H,1-3H3,(H,12,13). The number of rotatable bonds is 2. The van der Waals surface area contributed by atoms with Crippen molar-refractivity contribution in [2.45, 2.75) is 20.8 Å². The second kappa shape index (κ2) is 4.16. The summed E-state index contributed by atoms with van der Waals surface area (Å²) in [6, 6.07) is 1.93. The maximum atomic E-state index is 11.0. The monoisotopic (exact) mass is 306 g/mol. The maximum Gasteiger partial charge on any atom is 0.339 e. The summed E-state index contributed by atoms with van der Waals surface area (Å²) in [7, 11) is 0. The van der Waals surface area contributed by atoms with Gasteiger partial charge in [0.05, 0.1) is 0 Å². The first-order valence-corrected chi connectivity index (χ1v) is 4.99. The highest BCUT2D eigenvalue weighted by Crippen LogP contribution is 2.30. The Hall–Kier alpha value is -0.780. The molecule has 0 saturated carbocycles. The van der Waals surface area contributed by atoms with E-state index in [0.717, 1.165) is 16.7 Å². The second-order valence-electron chi connectivity index (χ2n) is 3.22. The molecule has 1 aromatic rings. The molecule has 0 aliphatic rings. The summed E-state index contributed by atoms with van der Waals surface area (Å²) in [6.07, 6.45) is 0. The molecular weight excluding hydrogens is 295 g/mol. The van der Waals surface area contributed by atoms with Crippen LogP contribution in [0.3, 0.4) is 0 Å². The molecule has 1 N–H and O–H groups in total. The molecule has 4 heteroatoms. The lowest BCUT2D eigenvalue weighted by Gasteiger charge is -2.11. The summed E-state index contributed by atoms with van der Waals surface area (Å²) < 4.78 is 5.06. The van der Waals surface area contributed by atoms with E-state index in [1.165, 1.54) is 0 Å². The summed E-state index contributed by atoms with van der Waals surface area (Å²) in [5, 5.41) is 9.04. The van der Waals surface area contributed by atoms with Crippen LogP contribution in [-0.4, -0.2) is 11.1 Å². The first kappa shape index (κ1) is 11.3. The summed E-state index contributed by atoms with van der Waals surface area (Å²) in [6.45, 7) is 5.52. The maximum absolute atomic E-state index is 11.0. The molecule has 0 atom stereocenters. The minimum Gasteiger partial charge on any atom is -0.478 e. The first-order chi connectivity index (χ1) is 6.49. The van der Waals surface area contributed by atoms with Crippen LogP contribution >= 0.6 is 23.0 Å². The third-order valence-electron chi connectivity index (χ3n) is 2.28. The van der Waals surface area contributed by atoms with Gasteiger partial charge in [0.2, 0.25) is 0 Å². The van der Waals surface area contributed by atoms with Crippen LogP contribution in [0.15, 0.2) is 6.07 Å². The van der Waals surface area contributed by atoms with E-state index in [0.29, 0.717) is 5.75 Å². The highest BCUT2D eigenvalue weighted by atomic mass is 127. The molecule has 76 valence electrons. The summed E-state index contributed by atoms with van der Waals surface area (Å²) in [5.74, 6) is -0.498. The van der Waals surface area contributed by atoms with Crippen LogP contribution in [-0.2, 0) is 0 Å². The van der Waals surface area contributed by atoms with Gasteiger partial charge in [-0.1, -0.05) is 6.07 Å². The lowest BCUT2D eigenvalue weighted by Crippen LogP contribution is -2.05. The Labute approximate surface area is 96.8 Å². The van der Waals surface area contributed by atoms with Crippen LogP contribution in [0.2, 0.25) is 0 Å². The minimum atomic E-state index is -0.944. The Balaban J connectivity index is 3.56. The molecule has 0 spiro atoms. The van der Waals surface area contributed by atoms with Gasteiger partial charge in [0, 0.05) is 0 Å². The van der Waals surface area contributed by atoms with Gasteiger partial charge in [0.1, 0.15) is 5.56 Å². The van der Waals surface area contributed by atoms with Crippen molar-refractivity contribution in [2.75, 3.05) is 0 Å². The van der Waals surface area contributed by atoms with Crippen molar-refractivity contribution < 1.29 is 13.0 Å². The Morgan fingerprint density at radius 3 is 2.36 bits per heavy atom. The molecule has 0 saturated heterocycles. The number of aromatic carboxylic acids is 1. The zero-order valence-corrected chi connectivity index (χ0v) is 10.4. The fraction of sp³-hybridized carbons (Fsp3) is 0.300. The highest BCUT2D eigenvalue weighted by Gasteiger charge is 2.18. The Kier molecular flexibility index (Phi) is 3.36. The second-order valence-corrected chi connectivity index (χ2v) is 3.66. The SMILES string of the molecule is Cc1cc(C)c(OI)c(C(=O)O)c1C. The van der Waals surface area contributed by atoms with E-state index < -0.39 is 5.97 Å². The topological polar surface area (TPSA) is 46.5 Å². The molecule has 0 radical (unpaired) electrons. The van der Waals surface area contributed by atoms with Crippen molar-refractivity contribution in [1.82, 2.24) is 0 Å². The smallest absolute Gasteiger partial charge is 0.339 e. The van der Waals surface area contributed by atoms with Gasteiger partial charge in [-0.15, -0.1) is 0 Å². The van der Waals surface area contributed by atoms with Crippen LogP contribution < -0.4 is 3.07 Å². The largest absolute Gasteiger partial charge is 0.478 e. The van der Waals surface area contributed by atoms with Gasteiger partial charge in [0.15, 0.2) is 28.8 Å². The molecule has 0 amide bonds.